The highest BCUT2D eigenvalue weighted by molar-refractivity contribution is 5.87. The Morgan fingerprint density at radius 3 is 2.50 bits per heavy atom. The minimum Gasteiger partial charge on any atom is -0.492 e. The van der Waals surface area contributed by atoms with E-state index < -0.39 is 17.2 Å². The highest BCUT2D eigenvalue weighted by atomic mass is 16.5. The van der Waals surface area contributed by atoms with Gasteiger partial charge in [0.15, 0.2) is 0 Å². The highest BCUT2D eigenvalue weighted by Crippen LogP contribution is 2.11. The summed E-state index contributed by atoms with van der Waals surface area (Å²) in [6.07, 6.45) is 1.39. The first kappa shape index (κ1) is 13.6. The van der Waals surface area contributed by atoms with E-state index in [9.17, 15) is 14.4 Å². The fraction of sp³-hybridized carbons (Fsp3) is 0.154. The van der Waals surface area contributed by atoms with Gasteiger partial charge in [-0.1, -0.05) is 0 Å². The smallest absolute Gasteiger partial charge is 0.335 e. The number of H-pyrrole nitrogens is 1. The molecule has 0 radical (unpaired) electrons. The van der Waals surface area contributed by atoms with Crippen LogP contribution in [0.1, 0.15) is 10.4 Å². The predicted octanol–water partition coefficient (Wildman–Crippen LogP) is 0.314. The number of ether oxygens (including phenoxy) is 1. The number of carboxylic acids is 1. The normalized spacial score (nSPS) is 10.2. The summed E-state index contributed by atoms with van der Waals surface area (Å²) in [5, 5.41) is 8.75. The Kier molecular flexibility index (Phi) is 3.99. The zero-order chi connectivity index (χ0) is 14.5. The molecule has 0 aliphatic heterocycles. The summed E-state index contributed by atoms with van der Waals surface area (Å²) in [6.45, 7) is 0.495. The molecule has 7 heteroatoms. The Hall–Kier alpha value is -2.83. The molecule has 1 aromatic carbocycles. The summed E-state index contributed by atoms with van der Waals surface area (Å²) in [4.78, 5) is 35.1. The number of nitrogens with one attached hydrogen (secondary N) is 1. The Balaban J connectivity index is 1.94. The van der Waals surface area contributed by atoms with Gasteiger partial charge in [-0.15, -0.1) is 0 Å². The molecular formula is C13H12N2O5. The third-order valence-corrected chi connectivity index (χ3v) is 2.60. The number of hydrogen-bond donors (Lipinski definition) is 2. The first-order valence-corrected chi connectivity index (χ1v) is 5.82. The average Bonchev–Trinajstić information content (AvgIpc) is 2.42. The third kappa shape index (κ3) is 3.35. The van der Waals surface area contributed by atoms with Gasteiger partial charge < -0.3 is 9.84 Å². The van der Waals surface area contributed by atoms with Crippen molar-refractivity contribution in [3.63, 3.8) is 0 Å². The minimum atomic E-state index is -1.00. The lowest BCUT2D eigenvalue weighted by molar-refractivity contribution is 0.0697. The number of carboxylic acid groups (broad SMARTS) is 1. The van der Waals surface area contributed by atoms with Crippen LogP contribution in [0.3, 0.4) is 0 Å². The number of aromatic amines is 1. The van der Waals surface area contributed by atoms with Gasteiger partial charge in [0.2, 0.25) is 0 Å². The molecule has 1 aromatic heterocycles. The van der Waals surface area contributed by atoms with Crippen molar-refractivity contribution < 1.29 is 14.6 Å². The maximum absolute atomic E-state index is 11.4. The summed E-state index contributed by atoms with van der Waals surface area (Å²) >= 11 is 0. The van der Waals surface area contributed by atoms with Crippen molar-refractivity contribution >= 4 is 5.97 Å². The fourth-order valence-electron chi connectivity index (χ4n) is 1.58. The molecule has 0 bridgehead atoms. The molecule has 104 valence electrons. The van der Waals surface area contributed by atoms with E-state index in [2.05, 4.69) is 4.98 Å². The van der Waals surface area contributed by atoms with Gasteiger partial charge in [0, 0.05) is 12.3 Å². The lowest BCUT2D eigenvalue weighted by Crippen LogP contribution is -2.30. The van der Waals surface area contributed by atoms with Crippen LogP contribution in [0.25, 0.3) is 0 Å². The number of nitrogens with zero attached hydrogens (tertiary/aromatic N) is 1. The van der Waals surface area contributed by atoms with Crippen molar-refractivity contribution in [2.75, 3.05) is 6.61 Å². The van der Waals surface area contributed by atoms with Crippen LogP contribution in [0, 0.1) is 0 Å². The summed E-state index contributed by atoms with van der Waals surface area (Å²) < 4.78 is 6.70. The molecule has 0 aliphatic rings. The number of benzene rings is 1. The first-order valence-electron chi connectivity index (χ1n) is 5.82. The molecule has 2 rings (SSSR count). The van der Waals surface area contributed by atoms with Gasteiger partial charge in [-0.2, -0.15) is 0 Å². The van der Waals surface area contributed by atoms with Gasteiger partial charge >= 0.3 is 11.7 Å². The molecule has 20 heavy (non-hydrogen) atoms. The molecule has 0 saturated carbocycles. The molecule has 7 nitrogen and oxygen atoms in total. The summed E-state index contributed by atoms with van der Waals surface area (Å²) in [6, 6.07) is 7.20. The van der Waals surface area contributed by atoms with E-state index in [-0.39, 0.29) is 18.7 Å². The Morgan fingerprint density at radius 2 is 1.90 bits per heavy atom. The molecule has 2 aromatic rings. The minimum absolute atomic E-state index is 0.175. The second kappa shape index (κ2) is 5.87. The van der Waals surface area contributed by atoms with E-state index in [1.165, 1.54) is 29.0 Å². The van der Waals surface area contributed by atoms with Crippen molar-refractivity contribution in [2.24, 2.45) is 0 Å². The van der Waals surface area contributed by atoms with Gasteiger partial charge in [0.25, 0.3) is 5.56 Å². The average molecular weight is 276 g/mol. The van der Waals surface area contributed by atoms with Gasteiger partial charge in [-0.25, -0.2) is 9.59 Å². The van der Waals surface area contributed by atoms with E-state index in [0.29, 0.717) is 5.75 Å². The van der Waals surface area contributed by atoms with Gasteiger partial charge in [0.05, 0.1) is 12.1 Å². The summed E-state index contributed by atoms with van der Waals surface area (Å²) in [5.74, 6) is -0.496. The second-order valence-electron chi connectivity index (χ2n) is 3.98. The van der Waals surface area contributed by atoms with Gasteiger partial charge in [0.1, 0.15) is 12.4 Å². The Labute approximate surface area is 113 Å². The molecule has 0 amide bonds. The van der Waals surface area contributed by atoms with E-state index >= 15 is 0 Å². The first-order chi connectivity index (χ1) is 9.56. The van der Waals surface area contributed by atoms with Crippen LogP contribution in [-0.4, -0.2) is 27.2 Å². The number of carbonyl (C=O) groups is 1. The van der Waals surface area contributed by atoms with Crippen LogP contribution in [0.5, 0.6) is 5.75 Å². The monoisotopic (exact) mass is 276 g/mol. The lowest BCUT2D eigenvalue weighted by atomic mass is 10.2. The second-order valence-corrected chi connectivity index (χ2v) is 3.98. The van der Waals surface area contributed by atoms with Crippen LogP contribution < -0.4 is 16.0 Å². The van der Waals surface area contributed by atoms with Crippen LogP contribution in [-0.2, 0) is 6.54 Å². The van der Waals surface area contributed by atoms with Crippen LogP contribution in [0.15, 0.2) is 46.1 Å². The van der Waals surface area contributed by atoms with Crippen molar-refractivity contribution in [3.8, 4) is 5.75 Å². The molecule has 2 N–H and O–H groups in total. The zero-order valence-electron chi connectivity index (χ0n) is 10.4. The van der Waals surface area contributed by atoms with Crippen LogP contribution in [0.4, 0.5) is 0 Å². The number of aromatic carboxylic acids is 1. The predicted molar refractivity (Wildman–Crippen MR) is 70.2 cm³/mol. The van der Waals surface area contributed by atoms with Gasteiger partial charge in [-0.05, 0) is 24.3 Å². The zero-order valence-corrected chi connectivity index (χ0v) is 10.4. The van der Waals surface area contributed by atoms with E-state index in [1.54, 1.807) is 12.1 Å². The van der Waals surface area contributed by atoms with Crippen molar-refractivity contribution in [3.05, 3.63) is 62.9 Å². The molecule has 1 heterocycles. The summed E-state index contributed by atoms with van der Waals surface area (Å²) in [7, 11) is 0. The molecular weight excluding hydrogens is 264 g/mol. The van der Waals surface area contributed by atoms with Crippen molar-refractivity contribution in [2.45, 2.75) is 6.54 Å². The topological polar surface area (TPSA) is 101 Å². The Bertz CT molecular complexity index is 715. The molecule has 0 fully saturated rings. The molecule has 0 atom stereocenters. The molecule has 0 aliphatic carbocycles. The molecule has 0 saturated heterocycles. The van der Waals surface area contributed by atoms with Crippen LogP contribution in [0.2, 0.25) is 0 Å². The van der Waals surface area contributed by atoms with Crippen LogP contribution >= 0.6 is 0 Å². The van der Waals surface area contributed by atoms with Gasteiger partial charge in [-0.3, -0.25) is 14.3 Å². The lowest BCUT2D eigenvalue weighted by Gasteiger charge is -2.07. The quantitative estimate of drug-likeness (QED) is 0.818. The van der Waals surface area contributed by atoms with E-state index in [4.69, 9.17) is 9.84 Å². The highest BCUT2D eigenvalue weighted by Gasteiger charge is 2.02. The van der Waals surface area contributed by atoms with Crippen molar-refractivity contribution in [1.29, 1.82) is 0 Å². The maximum Gasteiger partial charge on any atom is 0.335 e. The largest absolute Gasteiger partial charge is 0.492 e. The SMILES string of the molecule is O=C(O)c1ccc(OCCn2ccc(=O)[nH]c2=O)cc1. The Morgan fingerprint density at radius 1 is 1.20 bits per heavy atom. The maximum atomic E-state index is 11.4. The standard InChI is InChI=1S/C13H12N2O5/c16-11-5-6-15(13(19)14-11)7-8-20-10-3-1-9(2-4-10)12(17)18/h1-6H,7-8H2,(H,17,18)(H,14,16,19). The number of rotatable bonds is 5. The number of hydrogen-bond acceptors (Lipinski definition) is 4. The molecule has 0 spiro atoms. The van der Waals surface area contributed by atoms with E-state index in [1.807, 2.05) is 0 Å². The third-order valence-electron chi connectivity index (χ3n) is 2.60. The van der Waals surface area contributed by atoms with Crippen molar-refractivity contribution in [1.82, 2.24) is 9.55 Å². The fourth-order valence-corrected chi connectivity index (χ4v) is 1.58. The number of aromatic nitrogens is 2. The summed E-state index contributed by atoms with van der Waals surface area (Å²) in [5.41, 5.74) is -0.770. The van der Waals surface area contributed by atoms with E-state index in [0.717, 1.165) is 0 Å². The molecule has 0 unspecified atom stereocenters.